The molecule has 0 aliphatic heterocycles. The molecule has 0 radical (unpaired) electrons. The van der Waals surface area contributed by atoms with Crippen LogP contribution in [0.2, 0.25) is 10.0 Å². The largest absolute Gasteiger partial charge is 0.493 e. The number of hydrogen-bond donors (Lipinski definition) is 1. The molecule has 8 heteroatoms. The van der Waals surface area contributed by atoms with Gasteiger partial charge in [0, 0.05) is 22.6 Å². The fourth-order valence-corrected chi connectivity index (χ4v) is 4.24. The molecule has 2 aromatic carbocycles. The topological polar surface area (TPSA) is 67.9 Å². The summed E-state index contributed by atoms with van der Waals surface area (Å²) in [5.41, 5.74) is 0.697. The number of halogens is 2. The van der Waals surface area contributed by atoms with E-state index in [9.17, 15) is 9.59 Å². The maximum absolute atomic E-state index is 13.2. The summed E-state index contributed by atoms with van der Waals surface area (Å²) in [5, 5.41) is 4.01. The Balaban J connectivity index is 1.76. The van der Waals surface area contributed by atoms with Gasteiger partial charge in [-0.25, -0.2) is 0 Å². The van der Waals surface area contributed by atoms with Crippen molar-refractivity contribution in [2.45, 2.75) is 51.2 Å². The molecule has 172 valence electrons. The van der Waals surface area contributed by atoms with Crippen molar-refractivity contribution in [1.82, 2.24) is 10.2 Å². The van der Waals surface area contributed by atoms with E-state index in [2.05, 4.69) is 5.32 Å². The molecule has 1 saturated carbocycles. The first-order valence-corrected chi connectivity index (χ1v) is 11.4. The molecule has 2 aromatic rings. The Bertz CT molecular complexity index is 947. The van der Waals surface area contributed by atoms with E-state index in [4.69, 9.17) is 32.7 Å². The van der Waals surface area contributed by atoms with Gasteiger partial charge in [-0.1, -0.05) is 54.2 Å². The van der Waals surface area contributed by atoms with Crippen molar-refractivity contribution in [2.75, 3.05) is 13.7 Å². The number of ether oxygens (including phenoxy) is 2. The predicted molar refractivity (Wildman–Crippen MR) is 125 cm³/mol. The number of carbonyl (C=O) groups is 2. The van der Waals surface area contributed by atoms with Crippen LogP contribution in [0.3, 0.4) is 0 Å². The zero-order chi connectivity index (χ0) is 23.1. The first-order chi connectivity index (χ1) is 15.4. The van der Waals surface area contributed by atoms with Gasteiger partial charge < -0.3 is 19.7 Å². The van der Waals surface area contributed by atoms with Crippen LogP contribution in [0, 0.1) is 0 Å². The zero-order valence-electron chi connectivity index (χ0n) is 18.3. The zero-order valence-corrected chi connectivity index (χ0v) is 19.8. The van der Waals surface area contributed by atoms with Gasteiger partial charge >= 0.3 is 0 Å². The van der Waals surface area contributed by atoms with Crippen molar-refractivity contribution in [1.29, 1.82) is 0 Å². The Hall–Kier alpha value is -2.44. The Labute approximate surface area is 198 Å². The number of rotatable bonds is 9. The summed E-state index contributed by atoms with van der Waals surface area (Å²) in [7, 11) is 1.54. The van der Waals surface area contributed by atoms with Gasteiger partial charge in [0.2, 0.25) is 5.91 Å². The number of nitrogens with zero attached hydrogens (tertiary/aromatic N) is 1. The lowest BCUT2D eigenvalue weighted by atomic mass is 10.1. The number of hydrogen-bond acceptors (Lipinski definition) is 4. The summed E-state index contributed by atoms with van der Waals surface area (Å²) in [6.45, 7) is 1.63. The maximum Gasteiger partial charge on any atom is 0.261 e. The molecule has 0 saturated heterocycles. The van der Waals surface area contributed by atoms with E-state index in [1.54, 1.807) is 43.3 Å². The highest BCUT2D eigenvalue weighted by Crippen LogP contribution is 2.27. The Morgan fingerprint density at radius 2 is 1.81 bits per heavy atom. The summed E-state index contributed by atoms with van der Waals surface area (Å²) in [6.07, 6.45) is 4.14. The van der Waals surface area contributed by atoms with Gasteiger partial charge in [-0.3, -0.25) is 9.59 Å². The third-order valence-electron chi connectivity index (χ3n) is 5.64. The smallest absolute Gasteiger partial charge is 0.261 e. The van der Waals surface area contributed by atoms with Crippen LogP contribution in [-0.4, -0.2) is 42.5 Å². The van der Waals surface area contributed by atoms with Crippen LogP contribution in [0.25, 0.3) is 0 Å². The average Bonchev–Trinajstić information content (AvgIpc) is 3.29. The highest BCUT2D eigenvalue weighted by atomic mass is 35.5. The SMILES string of the molecule is COc1ccccc1OCC(=O)N(Cc1ccc(Cl)cc1Cl)[C@@H](C)C(=O)NC1CCCC1. The van der Waals surface area contributed by atoms with Crippen molar-refractivity contribution in [3.05, 3.63) is 58.1 Å². The molecule has 0 spiro atoms. The van der Waals surface area contributed by atoms with Gasteiger partial charge in [-0.15, -0.1) is 0 Å². The van der Waals surface area contributed by atoms with E-state index < -0.39 is 6.04 Å². The van der Waals surface area contributed by atoms with Crippen LogP contribution in [0.1, 0.15) is 38.2 Å². The van der Waals surface area contributed by atoms with Crippen LogP contribution in [0.4, 0.5) is 0 Å². The van der Waals surface area contributed by atoms with E-state index in [-0.39, 0.29) is 31.0 Å². The van der Waals surface area contributed by atoms with Gasteiger partial charge in [0.05, 0.1) is 7.11 Å². The van der Waals surface area contributed by atoms with E-state index in [1.165, 1.54) is 12.0 Å². The Kier molecular flexibility index (Phi) is 8.65. The highest BCUT2D eigenvalue weighted by Gasteiger charge is 2.29. The second kappa shape index (κ2) is 11.4. The van der Waals surface area contributed by atoms with Crippen molar-refractivity contribution in [3.63, 3.8) is 0 Å². The number of methoxy groups -OCH3 is 1. The Morgan fingerprint density at radius 1 is 1.12 bits per heavy atom. The van der Waals surface area contributed by atoms with Crippen LogP contribution >= 0.6 is 23.2 Å². The quantitative estimate of drug-likeness (QED) is 0.558. The third kappa shape index (κ3) is 6.30. The van der Waals surface area contributed by atoms with E-state index in [0.29, 0.717) is 27.1 Å². The van der Waals surface area contributed by atoms with Crippen LogP contribution in [-0.2, 0) is 16.1 Å². The van der Waals surface area contributed by atoms with Crippen LogP contribution in [0.5, 0.6) is 11.5 Å². The van der Waals surface area contributed by atoms with E-state index in [0.717, 1.165) is 25.7 Å². The van der Waals surface area contributed by atoms with Gasteiger partial charge in [0.25, 0.3) is 5.91 Å². The molecule has 0 unspecified atom stereocenters. The van der Waals surface area contributed by atoms with Crippen molar-refractivity contribution >= 4 is 35.0 Å². The molecule has 1 atom stereocenters. The molecule has 6 nitrogen and oxygen atoms in total. The summed E-state index contributed by atoms with van der Waals surface area (Å²) >= 11 is 12.4. The van der Waals surface area contributed by atoms with Gasteiger partial charge in [0.15, 0.2) is 18.1 Å². The molecular formula is C24H28Cl2N2O4. The lowest BCUT2D eigenvalue weighted by Gasteiger charge is -2.30. The first-order valence-electron chi connectivity index (χ1n) is 10.7. The number of amides is 2. The number of carbonyl (C=O) groups excluding carboxylic acids is 2. The third-order valence-corrected chi connectivity index (χ3v) is 6.23. The van der Waals surface area contributed by atoms with Crippen LogP contribution in [0.15, 0.2) is 42.5 Å². The number of para-hydroxylation sites is 2. The molecular weight excluding hydrogens is 451 g/mol. The average molecular weight is 479 g/mol. The summed E-state index contributed by atoms with van der Waals surface area (Å²) in [6, 6.07) is 11.6. The fraction of sp³-hybridized carbons (Fsp3) is 0.417. The molecule has 2 amide bonds. The highest BCUT2D eigenvalue weighted by molar-refractivity contribution is 6.35. The monoisotopic (exact) mass is 478 g/mol. The second-order valence-electron chi connectivity index (χ2n) is 7.86. The molecule has 3 rings (SSSR count). The number of benzene rings is 2. The molecule has 0 aromatic heterocycles. The molecule has 1 aliphatic carbocycles. The minimum atomic E-state index is -0.698. The van der Waals surface area contributed by atoms with Crippen LogP contribution < -0.4 is 14.8 Å². The van der Waals surface area contributed by atoms with E-state index in [1.807, 2.05) is 6.07 Å². The van der Waals surface area contributed by atoms with Crippen molar-refractivity contribution in [3.8, 4) is 11.5 Å². The summed E-state index contributed by atoms with van der Waals surface area (Å²) < 4.78 is 11.0. The van der Waals surface area contributed by atoms with Crippen molar-refractivity contribution < 1.29 is 19.1 Å². The van der Waals surface area contributed by atoms with Crippen molar-refractivity contribution in [2.24, 2.45) is 0 Å². The van der Waals surface area contributed by atoms with E-state index >= 15 is 0 Å². The fourth-order valence-electron chi connectivity index (χ4n) is 3.77. The van der Waals surface area contributed by atoms with Gasteiger partial charge in [0.1, 0.15) is 6.04 Å². The molecule has 0 heterocycles. The summed E-state index contributed by atoms with van der Waals surface area (Å²) in [4.78, 5) is 27.6. The van der Waals surface area contributed by atoms with Gasteiger partial charge in [-0.2, -0.15) is 0 Å². The normalized spacial score (nSPS) is 14.6. The maximum atomic E-state index is 13.2. The number of nitrogens with one attached hydrogen (secondary N) is 1. The lowest BCUT2D eigenvalue weighted by molar-refractivity contribution is -0.142. The predicted octanol–water partition coefficient (Wildman–Crippen LogP) is 4.86. The standard InChI is InChI=1S/C24H28Cl2N2O4/c1-16(24(30)27-19-7-3-4-8-19)28(14-17-11-12-18(25)13-20(17)26)23(29)15-32-22-10-6-5-9-21(22)31-2/h5-6,9-13,16,19H,3-4,7-8,14-15H2,1-2H3,(H,27,30)/t16-/m0/s1. The minimum absolute atomic E-state index is 0.156. The lowest BCUT2D eigenvalue weighted by Crippen LogP contribution is -2.50. The molecule has 1 fully saturated rings. The molecule has 1 N–H and O–H groups in total. The minimum Gasteiger partial charge on any atom is -0.493 e. The second-order valence-corrected chi connectivity index (χ2v) is 8.71. The molecule has 32 heavy (non-hydrogen) atoms. The van der Waals surface area contributed by atoms with Gasteiger partial charge in [-0.05, 0) is 49.6 Å². The molecule has 1 aliphatic rings. The molecule has 0 bridgehead atoms. The Morgan fingerprint density at radius 3 is 2.47 bits per heavy atom. The summed E-state index contributed by atoms with van der Waals surface area (Å²) in [5.74, 6) is 0.458. The first kappa shape index (κ1) is 24.2.